The number of aryl methyl sites for hydroxylation is 2. The number of rotatable bonds is 4. The molecule has 1 aliphatic carbocycles. The molecule has 1 aliphatic rings. The van der Waals surface area contributed by atoms with Crippen molar-refractivity contribution in [1.82, 2.24) is 5.32 Å². The quantitative estimate of drug-likeness (QED) is 0.869. The van der Waals surface area contributed by atoms with E-state index in [1.165, 1.54) is 40.8 Å². The first-order valence-electron chi connectivity index (χ1n) is 6.87. The molecule has 0 amide bonds. The first kappa shape index (κ1) is 13.2. The van der Waals surface area contributed by atoms with Crippen LogP contribution in [0.25, 0.3) is 0 Å². The molecule has 0 bridgehead atoms. The van der Waals surface area contributed by atoms with Crippen LogP contribution in [0.4, 0.5) is 0 Å². The predicted octanol–water partition coefficient (Wildman–Crippen LogP) is 4.59. The highest BCUT2D eigenvalue weighted by Gasteiger charge is 2.19. The van der Waals surface area contributed by atoms with Crippen LogP contribution in [0.5, 0.6) is 0 Å². The third kappa shape index (κ3) is 2.58. The molecule has 1 heterocycles. The normalized spacial score (nSPS) is 15.5. The second-order valence-corrected chi connectivity index (χ2v) is 6.36. The monoisotopic (exact) mass is 291 g/mol. The summed E-state index contributed by atoms with van der Waals surface area (Å²) in [6.45, 7) is 3.08. The molecule has 100 valence electrons. The molecule has 1 N–H and O–H groups in total. The predicted molar refractivity (Wildman–Crippen MR) is 83.3 cm³/mol. The van der Waals surface area contributed by atoms with Crippen molar-refractivity contribution in [2.45, 2.75) is 32.2 Å². The van der Waals surface area contributed by atoms with E-state index >= 15 is 0 Å². The fraction of sp³-hybridized carbons (Fsp3) is 0.375. The van der Waals surface area contributed by atoms with Crippen LogP contribution >= 0.6 is 22.9 Å². The van der Waals surface area contributed by atoms with Crippen LogP contribution in [0.3, 0.4) is 0 Å². The van der Waals surface area contributed by atoms with Gasteiger partial charge in [-0.15, -0.1) is 11.3 Å². The molecule has 0 saturated heterocycles. The maximum Gasteiger partial charge on any atom is 0.0686 e. The molecule has 1 nitrogen and oxygen atoms in total. The molecular formula is C16H18ClNS. The summed E-state index contributed by atoms with van der Waals surface area (Å²) in [5.41, 5.74) is 4.39. The molecule has 1 aromatic carbocycles. The third-order valence-electron chi connectivity index (χ3n) is 3.77. The second-order valence-electron chi connectivity index (χ2n) is 5.01. The summed E-state index contributed by atoms with van der Waals surface area (Å²) in [6, 6.07) is 9.13. The number of nitrogens with one attached hydrogen (secondary N) is 1. The summed E-state index contributed by atoms with van der Waals surface area (Å²) >= 11 is 8.04. The van der Waals surface area contributed by atoms with E-state index in [0.717, 1.165) is 11.6 Å². The first-order chi connectivity index (χ1) is 9.29. The Kier molecular flexibility index (Phi) is 3.92. The van der Waals surface area contributed by atoms with Gasteiger partial charge in [0.15, 0.2) is 0 Å². The Bertz CT molecular complexity index is 576. The van der Waals surface area contributed by atoms with Gasteiger partial charge in [-0.3, -0.25) is 0 Å². The standard InChI is InChI=1S/C16H18ClNS/c1-2-18-15(16-14(17)8-9-19-16)13-7-6-11-4-3-5-12(11)10-13/h6-10,15,18H,2-5H2,1H3. The average molecular weight is 292 g/mol. The Balaban J connectivity index is 1.98. The smallest absolute Gasteiger partial charge is 0.0686 e. The van der Waals surface area contributed by atoms with Crippen molar-refractivity contribution >= 4 is 22.9 Å². The van der Waals surface area contributed by atoms with Gasteiger partial charge in [-0.1, -0.05) is 36.7 Å². The Morgan fingerprint density at radius 2 is 2.11 bits per heavy atom. The van der Waals surface area contributed by atoms with E-state index in [1.54, 1.807) is 11.3 Å². The summed E-state index contributed by atoms with van der Waals surface area (Å²) in [6.07, 6.45) is 3.76. The fourth-order valence-electron chi connectivity index (χ4n) is 2.85. The van der Waals surface area contributed by atoms with Crippen LogP contribution < -0.4 is 5.32 Å². The van der Waals surface area contributed by atoms with Gasteiger partial charge in [0, 0.05) is 4.88 Å². The van der Waals surface area contributed by atoms with Crippen LogP contribution in [-0.2, 0) is 12.8 Å². The highest BCUT2D eigenvalue weighted by Crippen LogP contribution is 2.34. The molecular weight excluding hydrogens is 274 g/mol. The van der Waals surface area contributed by atoms with E-state index < -0.39 is 0 Å². The van der Waals surface area contributed by atoms with Crippen molar-refractivity contribution in [1.29, 1.82) is 0 Å². The number of benzene rings is 1. The van der Waals surface area contributed by atoms with Gasteiger partial charge in [0.1, 0.15) is 0 Å². The van der Waals surface area contributed by atoms with Gasteiger partial charge in [0.25, 0.3) is 0 Å². The van der Waals surface area contributed by atoms with Gasteiger partial charge >= 0.3 is 0 Å². The molecule has 3 heteroatoms. The fourth-order valence-corrected chi connectivity index (χ4v) is 4.12. The van der Waals surface area contributed by atoms with Crippen LogP contribution in [0, 0.1) is 0 Å². The van der Waals surface area contributed by atoms with E-state index in [1.807, 2.05) is 6.07 Å². The summed E-state index contributed by atoms with van der Waals surface area (Å²) in [5.74, 6) is 0. The van der Waals surface area contributed by atoms with Gasteiger partial charge in [0.2, 0.25) is 0 Å². The van der Waals surface area contributed by atoms with Crippen molar-refractivity contribution in [3.05, 3.63) is 56.2 Å². The molecule has 19 heavy (non-hydrogen) atoms. The summed E-state index contributed by atoms with van der Waals surface area (Å²) < 4.78 is 0. The molecule has 1 unspecified atom stereocenters. The zero-order valence-electron chi connectivity index (χ0n) is 11.1. The highest BCUT2D eigenvalue weighted by molar-refractivity contribution is 7.10. The van der Waals surface area contributed by atoms with Gasteiger partial charge in [-0.05, 0) is 53.9 Å². The molecule has 0 radical (unpaired) electrons. The largest absolute Gasteiger partial charge is 0.306 e. The zero-order valence-corrected chi connectivity index (χ0v) is 12.7. The first-order valence-corrected chi connectivity index (χ1v) is 8.13. The minimum Gasteiger partial charge on any atom is -0.306 e. The molecule has 2 aromatic rings. The molecule has 1 aromatic heterocycles. The Labute approximate surface area is 123 Å². The molecule has 0 aliphatic heterocycles. The minimum atomic E-state index is 0.225. The van der Waals surface area contributed by atoms with Crippen LogP contribution in [-0.4, -0.2) is 6.54 Å². The number of hydrogen-bond acceptors (Lipinski definition) is 2. The Morgan fingerprint density at radius 3 is 2.84 bits per heavy atom. The summed E-state index contributed by atoms with van der Waals surface area (Å²) in [5, 5.41) is 6.50. The highest BCUT2D eigenvalue weighted by atomic mass is 35.5. The van der Waals surface area contributed by atoms with Gasteiger partial charge in [-0.2, -0.15) is 0 Å². The number of thiophene rings is 1. The van der Waals surface area contributed by atoms with Crippen LogP contribution in [0.1, 0.15) is 41.0 Å². The van der Waals surface area contributed by atoms with Crippen molar-refractivity contribution in [3.63, 3.8) is 0 Å². The topological polar surface area (TPSA) is 12.0 Å². The van der Waals surface area contributed by atoms with Gasteiger partial charge in [-0.25, -0.2) is 0 Å². The van der Waals surface area contributed by atoms with Crippen LogP contribution in [0.2, 0.25) is 5.02 Å². The van der Waals surface area contributed by atoms with E-state index in [0.29, 0.717) is 0 Å². The summed E-state index contributed by atoms with van der Waals surface area (Å²) in [7, 11) is 0. The molecule has 3 rings (SSSR count). The van der Waals surface area contributed by atoms with Crippen molar-refractivity contribution in [2.24, 2.45) is 0 Å². The van der Waals surface area contributed by atoms with Gasteiger partial charge in [0.05, 0.1) is 11.1 Å². The van der Waals surface area contributed by atoms with E-state index in [4.69, 9.17) is 11.6 Å². The molecule has 0 fully saturated rings. The van der Waals surface area contributed by atoms with E-state index in [2.05, 4.69) is 35.8 Å². The molecule has 1 atom stereocenters. The average Bonchev–Trinajstić information content (AvgIpc) is 3.03. The maximum atomic E-state index is 6.31. The Hall–Kier alpha value is -0.830. The van der Waals surface area contributed by atoms with E-state index in [-0.39, 0.29) is 6.04 Å². The van der Waals surface area contributed by atoms with Crippen molar-refractivity contribution < 1.29 is 0 Å². The second kappa shape index (κ2) is 5.66. The number of halogens is 1. The third-order valence-corrected chi connectivity index (χ3v) is 5.19. The molecule has 0 spiro atoms. The number of hydrogen-bond donors (Lipinski definition) is 1. The van der Waals surface area contributed by atoms with E-state index in [9.17, 15) is 0 Å². The summed E-state index contributed by atoms with van der Waals surface area (Å²) in [4.78, 5) is 1.22. The Morgan fingerprint density at radius 1 is 1.26 bits per heavy atom. The lowest BCUT2D eigenvalue weighted by Gasteiger charge is -2.18. The minimum absolute atomic E-state index is 0.225. The van der Waals surface area contributed by atoms with Gasteiger partial charge < -0.3 is 5.32 Å². The lowest BCUT2D eigenvalue weighted by molar-refractivity contribution is 0.639. The number of fused-ring (bicyclic) bond motifs is 1. The maximum absolute atomic E-state index is 6.31. The zero-order chi connectivity index (χ0) is 13.2. The van der Waals surface area contributed by atoms with Crippen LogP contribution in [0.15, 0.2) is 29.6 Å². The van der Waals surface area contributed by atoms with Crippen molar-refractivity contribution in [2.75, 3.05) is 6.54 Å². The SMILES string of the molecule is CCNC(c1ccc2c(c1)CCC2)c1sccc1Cl. The van der Waals surface area contributed by atoms with Crippen molar-refractivity contribution in [3.8, 4) is 0 Å². The molecule has 0 saturated carbocycles. The lowest BCUT2D eigenvalue weighted by atomic mass is 10.00. The lowest BCUT2D eigenvalue weighted by Crippen LogP contribution is -2.21.